The molecular weight excluding hydrogens is 293 g/mol. The van der Waals surface area contributed by atoms with Gasteiger partial charge in [-0.3, -0.25) is 4.90 Å². The van der Waals surface area contributed by atoms with E-state index < -0.39 is 6.10 Å². The molecule has 0 amide bonds. The largest absolute Gasteiger partial charge is 0.390 e. The molecular formula is C18H26FN3O. The first-order chi connectivity index (χ1) is 11.0. The molecule has 126 valence electrons. The highest BCUT2D eigenvalue weighted by Crippen LogP contribution is 2.26. The van der Waals surface area contributed by atoms with E-state index in [0.29, 0.717) is 13.1 Å². The number of nitrogens with zero attached hydrogens (tertiary/aromatic N) is 3. The van der Waals surface area contributed by atoms with Crippen LogP contribution in [0.1, 0.15) is 11.3 Å². The summed E-state index contributed by atoms with van der Waals surface area (Å²) in [5.74, 6) is -0.212. The van der Waals surface area contributed by atoms with Crippen LogP contribution in [0.25, 0.3) is 10.9 Å². The number of piperazine rings is 1. The van der Waals surface area contributed by atoms with Crippen molar-refractivity contribution in [3.8, 4) is 0 Å². The van der Waals surface area contributed by atoms with Gasteiger partial charge in [0.1, 0.15) is 5.82 Å². The Hall–Kier alpha value is -1.43. The van der Waals surface area contributed by atoms with Gasteiger partial charge < -0.3 is 14.6 Å². The minimum Gasteiger partial charge on any atom is -0.390 e. The van der Waals surface area contributed by atoms with Crippen molar-refractivity contribution in [2.75, 3.05) is 39.8 Å². The van der Waals surface area contributed by atoms with Gasteiger partial charge in [0.15, 0.2) is 0 Å². The lowest BCUT2D eigenvalue weighted by Gasteiger charge is -2.33. The maximum absolute atomic E-state index is 13.5. The third kappa shape index (κ3) is 3.42. The van der Waals surface area contributed by atoms with Crippen molar-refractivity contribution < 1.29 is 9.50 Å². The van der Waals surface area contributed by atoms with E-state index in [1.807, 2.05) is 19.9 Å². The van der Waals surface area contributed by atoms with Crippen molar-refractivity contribution in [2.24, 2.45) is 0 Å². The molecule has 0 unspecified atom stereocenters. The average molecular weight is 319 g/mol. The number of aryl methyl sites for hydroxylation is 1. The molecule has 1 fully saturated rings. The summed E-state index contributed by atoms with van der Waals surface area (Å²) in [5, 5.41) is 11.5. The Kier molecular flexibility index (Phi) is 4.71. The van der Waals surface area contributed by atoms with E-state index in [9.17, 15) is 9.50 Å². The molecule has 0 radical (unpaired) electrons. The summed E-state index contributed by atoms with van der Waals surface area (Å²) in [4.78, 5) is 4.63. The van der Waals surface area contributed by atoms with Crippen LogP contribution in [0.4, 0.5) is 4.39 Å². The highest BCUT2D eigenvalue weighted by Gasteiger charge is 2.19. The second kappa shape index (κ2) is 6.59. The topological polar surface area (TPSA) is 31.6 Å². The van der Waals surface area contributed by atoms with Crippen molar-refractivity contribution in [1.82, 2.24) is 14.4 Å². The normalized spacial score (nSPS) is 18.7. The summed E-state index contributed by atoms with van der Waals surface area (Å²) in [6.45, 7) is 9.40. The third-order valence-corrected chi connectivity index (χ3v) is 5.06. The lowest BCUT2D eigenvalue weighted by molar-refractivity contribution is 0.0714. The second-order valence-corrected chi connectivity index (χ2v) is 6.74. The first-order valence-electron chi connectivity index (χ1n) is 8.29. The fourth-order valence-electron chi connectivity index (χ4n) is 3.45. The number of aliphatic hydroxyl groups is 1. The Morgan fingerprint density at radius 1 is 1.13 bits per heavy atom. The molecule has 1 aromatic heterocycles. The number of aromatic nitrogens is 1. The first kappa shape index (κ1) is 16.4. The summed E-state index contributed by atoms with van der Waals surface area (Å²) in [6, 6.07) is 4.89. The molecule has 5 heteroatoms. The van der Waals surface area contributed by atoms with E-state index in [1.165, 1.54) is 6.07 Å². The molecule has 1 aliphatic heterocycles. The standard InChI is InChI=1S/C18H26FN3O/c1-13-14(2)22(18-5-4-15(19)10-17(13)18)12-16(23)11-21-8-6-20(3)7-9-21/h4-5,10,16,23H,6-9,11-12H2,1-3H3/t16-/m1/s1. The van der Waals surface area contributed by atoms with Crippen molar-refractivity contribution >= 4 is 10.9 Å². The summed E-state index contributed by atoms with van der Waals surface area (Å²) >= 11 is 0. The molecule has 4 nitrogen and oxygen atoms in total. The summed E-state index contributed by atoms with van der Waals surface area (Å²) in [6.07, 6.45) is -0.419. The van der Waals surface area contributed by atoms with Crippen LogP contribution in [0.5, 0.6) is 0 Å². The molecule has 2 aromatic rings. The zero-order valence-electron chi connectivity index (χ0n) is 14.2. The third-order valence-electron chi connectivity index (χ3n) is 5.06. The van der Waals surface area contributed by atoms with Gasteiger partial charge in [-0.2, -0.15) is 0 Å². The molecule has 1 aromatic carbocycles. The van der Waals surface area contributed by atoms with E-state index in [4.69, 9.17) is 0 Å². The number of likely N-dealkylation sites (N-methyl/N-ethyl adjacent to an activating group) is 1. The van der Waals surface area contributed by atoms with E-state index in [2.05, 4.69) is 21.4 Å². The maximum Gasteiger partial charge on any atom is 0.123 e. The van der Waals surface area contributed by atoms with Crippen LogP contribution in [-0.4, -0.2) is 65.3 Å². The van der Waals surface area contributed by atoms with Crippen molar-refractivity contribution in [3.63, 3.8) is 0 Å². The molecule has 0 bridgehead atoms. The molecule has 1 atom stereocenters. The monoisotopic (exact) mass is 319 g/mol. The number of hydrogen-bond donors (Lipinski definition) is 1. The van der Waals surface area contributed by atoms with Crippen molar-refractivity contribution in [2.45, 2.75) is 26.5 Å². The molecule has 1 N–H and O–H groups in total. The van der Waals surface area contributed by atoms with E-state index >= 15 is 0 Å². The fraction of sp³-hybridized carbons (Fsp3) is 0.556. The summed E-state index contributed by atoms with van der Waals surface area (Å²) in [5.41, 5.74) is 3.19. The predicted octanol–water partition coefficient (Wildman–Crippen LogP) is 2.01. The first-order valence-corrected chi connectivity index (χ1v) is 8.29. The Morgan fingerprint density at radius 3 is 2.52 bits per heavy atom. The lowest BCUT2D eigenvalue weighted by atomic mass is 10.1. The Balaban J connectivity index is 1.74. The Morgan fingerprint density at radius 2 is 1.83 bits per heavy atom. The van der Waals surface area contributed by atoms with Crippen LogP contribution < -0.4 is 0 Å². The molecule has 0 saturated carbocycles. The number of hydrogen-bond acceptors (Lipinski definition) is 3. The molecule has 0 spiro atoms. The maximum atomic E-state index is 13.5. The Bertz CT molecular complexity index is 689. The number of β-amino-alcohol motifs (C(OH)–C–C–N with tert-alkyl or cyclic N) is 1. The van der Waals surface area contributed by atoms with E-state index in [0.717, 1.165) is 48.3 Å². The number of halogens is 1. The van der Waals surface area contributed by atoms with Crippen LogP contribution in [-0.2, 0) is 6.54 Å². The second-order valence-electron chi connectivity index (χ2n) is 6.74. The zero-order valence-corrected chi connectivity index (χ0v) is 14.2. The Labute approximate surface area is 137 Å². The van der Waals surface area contributed by atoms with Crippen LogP contribution in [0.15, 0.2) is 18.2 Å². The predicted molar refractivity (Wildman–Crippen MR) is 91.3 cm³/mol. The SMILES string of the molecule is Cc1c(C)n(C[C@H](O)CN2CCN(C)CC2)c2ccc(F)cc12. The van der Waals surface area contributed by atoms with Crippen molar-refractivity contribution in [3.05, 3.63) is 35.3 Å². The minimum atomic E-state index is -0.419. The highest BCUT2D eigenvalue weighted by atomic mass is 19.1. The number of benzene rings is 1. The smallest absolute Gasteiger partial charge is 0.123 e. The van der Waals surface area contributed by atoms with Gasteiger partial charge in [-0.1, -0.05) is 0 Å². The van der Waals surface area contributed by atoms with Gasteiger partial charge in [0.05, 0.1) is 12.6 Å². The molecule has 1 saturated heterocycles. The lowest BCUT2D eigenvalue weighted by Crippen LogP contribution is -2.47. The fourth-order valence-corrected chi connectivity index (χ4v) is 3.45. The van der Waals surface area contributed by atoms with Crippen LogP contribution in [0.3, 0.4) is 0 Å². The quantitative estimate of drug-likeness (QED) is 0.935. The average Bonchev–Trinajstić information content (AvgIpc) is 2.74. The molecule has 0 aliphatic carbocycles. The van der Waals surface area contributed by atoms with Gasteiger partial charge in [0.25, 0.3) is 0 Å². The van der Waals surface area contributed by atoms with Gasteiger partial charge in [0.2, 0.25) is 0 Å². The van der Waals surface area contributed by atoms with E-state index in [1.54, 1.807) is 6.07 Å². The van der Waals surface area contributed by atoms with Gasteiger partial charge >= 0.3 is 0 Å². The van der Waals surface area contributed by atoms with Crippen LogP contribution >= 0.6 is 0 Å². The van der Waals surface area contributed by atoms with Gasteiger partial charge in [0, 0.05) is 49.3 Å². The number of fused-ring (bicyclic) bond motifs is 1. The summed E-state index contributed by atoms with van der Waals surface area (Å²) in [7, 11) is 2.13. The van der Waals surface area contributed by atoms with Gasteiger partial charge in [-0.05, 0) is 44.7 Å². The van der Waals surface area contributed by atoms with Gasteiger partial charge in [-0.15, -0.1) is 0 Å². The molecule has 23 heavy (non-hydrogen) atoms. The molecule has 3 rings (SSSR count). The van der Waals surface area contributed by atoms with Gasteiger partial charge in [-0.25, -0.2) is 4.39 Å². The molecule has 2 heterocycles. The zero-order chi connectivity index (χ0) is 16.6. The van der Waals surface area contributed by atoms with E-state index in [-0.39, 0.29) is 5.82 Å². The number of rotatable bonds is 4. The van der Waals surface area contributed by atoms with Crippen molar-refractivity contribution in [1.29, 1.82) is 0 Å². The highest BCUT2D eigenvalue weighted by molar-refractivity contribution is 5.85. The molecule has 1 aliphatic rings. The number of aliphatic hydroxyl groups excluding tert-OH is 1. The summed E-state index contributed by atoms with van der Waals surface area (Å²) < 4.78 is 15.6. The van der Waals surface area contributed by atoms with Crippen LogP contribution in [0, 0.1) is 19.7 Å². The minimum absolute atomic E-state index is 0.212. The van der Waals surface area contributed by atoms with Crippen LogP contribution in [0.2, 0.25) is 0 Å².